The molecule has 1 aliphatic heterocycles. The summed E-state index contributed by atoms with van der Waals surface area (Å²) >= 11 is 2.97. The maximum Gasteiger partial charge on any atom is 0.225 e. The van der Waals surface area contributed by atoms with Crippen molar-refractivity contribution in [1.29, 1.82) is 5.26 Å². The average Bonchev–Trinajstić information content (AvgIpc) is 3.32. The van der Waals surface area contributed by atoms with Crippen molar-refractivity contribution in [3.8, 4) is 6.07 Å². The lowest BCUT2D eigenvalue weighted by Gasteiger charge is -2.08. The number of thioether (sulfide) groups is 1. The minimum absolute atomic E-state index is 0.124. The Kier molecular flexibility index (Phi) is 6.82. The van der Waals surface area contributed by atoms with Crippen LogP contribution < -0.4 is 10.6 Å². The van der Waals surface area contributed by atoms with Gasteiger partial charge in [-0.15, -0.1) is 10.2 Å². The Bertz CT molecular complexity index is 783. The number of rotatable bonds is 8. The molecule has 0 radical (unpaired) electrons. The smallest absolute Gasteiger partial charge is 0.225 e. The minimum Gasteiger partial charge on any atom is -0.376 e. The lowest BCUT2D eigenvalue weighted by molar-refractivity contribution is -0.115. The molecule has 26 heavy (non-hydrogen) atoms. The molecule has 3 rings (SSSR count). The lowest BCUT2D eigenvalue weighted by atomic mass is 10.2. The van der Waals surface area contributed by atoms with Gasteiger partial charge in [0.05, 0.1) is 17.4 Å². The standard InChI is InChI=1S/C17H19N5O2S2/c18-10-12-4-1-2-6-14(12)20-15(23)7-9-25-17-22-21-16(26-17)19-11-13-5-3-8-24-13/h1-2,4,6,13H,3,5,7-9,11H2,(H,19,21)(H,20,23). The second-order valence-corrected chi connectivity index (χ2v) is 8.01. The van der Waals surface area contributed by atoms with E-state index in [-0.39, 0.29) is 12.0 Å². The van der Waals surface area contributed by atoms with Crippen LogP contribution in [0.2, 0.25) is 0 Å². The predicted octanol–water partition coefficient (Wildman–Crippen LogP) is 3.12. The van der Waals surface area contributed by atoms with Gasteiger partial charge in [0.15, 0.2) is 4.34 Å². The SMILES string of the molecule is N#Cc1ccccc1NC(=O)CCSc1nnc(NCC2CCCO2)s1. The molecule has 0 spiro atoms. The van der Waals surface area contributed by atoms with Crippen molar-refractivity contribution in [2.75, 3.05) is 29.5 Å². The van der Waals surface area contributed by atoms with Crippen LogP contribution >= 0.6 is 23.1 Å². The normalized spacial score (nSPS) is 16.2. The van der Waals surface area contributed by atoms with E-state index in [4.69, 9.17) is 10.00 Å². The molecule has 1 saturated heterocycles. The molecular weight excluding hydrogens is 370 g/mol. The molecule has 1 amide bonds. The van der Waals surface area contributed by atoms with Gasteiger partial charge in [-0.2, -0.15) is 5.26 Å². The van der Waals surface area contributed by atoms with Crippen LogP contribution in [0, 0.1) is 11.3 Å². The largest absolute Gasteiger partial charge is 0.376 e. The van der Waals surface area contributed by atoms with Crippen molar-refractivity contribution < 1.29 is 9.53 Å². The molecule has 1 fully saturated rings. The lowest BCUT2D eigenvalue weighted by Crippen LogP contribution is -2.18. The Morgan fingerprint density at radius 1 is 1.42 bits per heavy atom. The van der Waals surface area contributed by atoms with E-state index in [1.807, 2.05) is 0 Å². The van der Waals surface area contributed by atoms with Gasteiger partial charge in [0, 0.05) is 25.3 Å². The molecule has 1 unspecified atom stereocenters. The van der Waals surface area contributed by atoms with E-state index in [1.165, 1.54) is 23.1 Å². The molecule has 9 heteroatoms. The van der Waals surface area contributed by atoms with Crippen LogP contribution in [0.4, 0.5) is 10.8 Å². The summed E-state index contributed by atoms with van der Waals surface area (Å²) in [6.07, 6.45) is 2.79. The molecular formula is C17H19N5O2S2. The second-order valence-electron chi connectivity index (χ2n) is 5.69. The van der Waals surface area contributed by atoms with E-state index in [1.54, 1.807) is 24.3 Å². The zero-order valence-electron chi connectivity index (χ0n) is 14.1. The number of nitriles is 1. The van der Waals surface area contributed by atoms with Gasteiger partial charge in [-0.05, 0) is 25.0 Å². The highest BCUT2D eigenvalue weighted by Gasteiger charge is 2.16. The van der Waals surface area contributed by atoms with Gasteiger partial charge >= 0.3 is 0 Å². The van der Waals surface area contributed by atoms with E-state index in [9.17, 15) is 4.79 Å². The van der Waals surface area contributed by atoms with Crippen LogP contribution in [0.3, 0.4) is 0 Å². The van der Waals surface area contributed by atoms with Crippen molar-refractivity contribution in [3.05, 3.63) is 29.8 Å². The Labute approximate surface area is 160 Å². The van der Waals surface area contributed by atoms with Crippen LogP contribution in [0.25, 0.3) is 0 Å². The first-order valence-corrected chi connectivity index (χ1v) is 10.2. The fourth-order valence-electron chi connectivity index (χ4n) is 2.48. The summed E-state index contributed by atoms with van der Waals surface area (Å²) in [6.45, 7) is 1.59. The summed E-state index contributed by atoms with van der Waals surface area (Å²) in [5.74, 6) is 0.474. The fourth-order valence-corrected chi connectivity index (χ4v) is 4.25. The van der Waals surface area contributed by atoms with E-state index in [0.717, 1.165) is 35.5 Å². The number of benzene rings is 1. The van der Waals surface area contributed by atoms with Crippen molar-refractivity contribution in [2.45, 2.75) is 29.7 Å². The number of carbonyl (C=O) groups is 1. The molecule has 2 heterocycles. The molecule has 136 valence electrons. The number of amides is 1. The van der Waals surface area contributed by atoms with Gasteiger partial charge in [0.25, 0.3) is 0 Å². The van der Waals surface area contributed by atoms with Crippen molar-refractivity contribution in [1.82, 2.24) is 10.2 Å². The highest BCUT2D eigenvalue weighted by atomic mass is 32.2. The Morgan fingerprint density at radius 3 is 3.12 bits per heavy atom. The summed E-state index contributed by atoms with van der Waals surface area (Å²) in [5, 5.41) is 24.1. The van der Waals surface area contributed by atoms with Crippen LogP contribution in [0.15, 0.2) is 28.6 Å². The summed E-state index contributed by atoms with van der Waals surface area (Å²) in [4.78, 5) is 12.0. The van der Waals surface area contributed by atoms with Crippen LogP contribution in [-0.4, -0.2) is 41.1 Å². The summed E-state index contributed by atoms with van der Waals surface area (Å²) in [5.41, 5.74) is 1.00. The summed E-state index contributed by atoms with van der Waals surface area (Å²) < 4.78 is 6.39. The van der Waals surface area contributed by atoms with Gasteiger partial charge in [0.1, 0.15) is 6.07 Å². The molecule has 1 atom stereocenters. The monoisotopic (exact) mass is 389 g/mol. The van der Waals surface area contributed by atoms with Crippen molar-refractivity contribution in [2.24, 2.45) is 0 Å². The molecule has 0 bridgehead atoms. The number of anilines is 2. The van der Waals surface area contributed by atoms with Gasteiger partial charge in [-0.25, -0.2) is 0 Å². The van der Waals surface area contributed by atoms with E-state index >= 15 is 0 Å². The molecule has 0 aliphatic carbocycles. The zero-order valence-corrected chi connectivity index (χ0v) is 15.7. The van der Waals surface area contributed by atoms with Crippen LogP contribution in [0.1, 0.15) is 24.8 Å². The number of hydrogen-bond acceptors (Lipinski definition) is 8. The maximum atomic E-state index is 12.0. The quantitative estimate of drug-likeness (QED) is 0.669. The topological polar surface area (TPSA) is 99.9 Å². The number of carbonyl (C=O) groups excluding carboxylic acids is 1. The predicted molar refractivity (Wildman–Crippen MR) is 103 cm³/mol. The third-order valence-corrected chi connectivity index (χ3v) is 5.80. The molecule has 2 aromatic rings. The number of nitrogens with one attached hydrogen (secondary N) is 2. The van der Waals surface area contributed by atoms with Gasteiger partial charge in [0.2, 0.25) is 11.0 Å². The van der Waals surface area contributed by atoms with E-state index in [0.29, 0.717) is 23.4 Å². The molecule has 7 nitrogen and oxygen atoms in total. The molecule has 1 aromatic carbocycles. The van der Waals surface area contributed by atoms with Crippen molar-refractivity contribution >= 4 is 39.8 Å². The molecule has 1 aliphatic rings. The Morgan fingerprint density at radius 2 is 2.31 bits per heavy atom. The highest BCUT2D eigenvalue weighted by molar-refractivity contribution is 8.01. The maximum absolute atomic E-state index is 12.0. The number of ether oxygens (including phenoxy) is 1. The van der Waals surface area contributed by atoms with E-state index in [2.05, 4.69) is 26.9 Å². The van der Waals surface area contributed by atoms with Gasteiger partial charge in [-0.1, -0.05) is 35.2 Å². The first-order valence-electron chi connectivity index (χ1n) is 8.35. The first-order chi connectivity index (χ1) is 12.7. The molecule has 1 aromatic heterocycles. The van der Waals surface area contributed by atoms with Crippen molar-refractivity contribution in [3.63, 3.8) is 0 Å². The first kappa shape index (κ1) is 18.6. The van der Waals surface area contributed by atoms with Crippen LogP contribution in [0.5, 0.6) is 0 Å². The highest BCUT2D eigenvalue weighted by Crippen LogP contribution is 2.26. The second kappa shape index (κ2) is 9.52. The minimum atomic E-state index is -0.124. The summed E-state index contributed by atoms with van der Waals surface area (Å²) in [6, 6.07) is 9.02. The Hall–Kier alpha value is -2.15. The average molecular weight is 390 g/mol. The number of nitrogens with zero attached hydrogens (tertiary/aromatic N) is 3. The third-order valence-electron chi connectivity index (χ3n) is 3.79. The van der Waals surface area contributed by atoms with Gasteiger partial charge < -0.3 is 15.4 Å². The number of para-hydroxylation sites is 1. The van der Waals surface area contributed by atoms with Crippen LogP contribution in [-0.2, 0) is 9.53 Å². The molecule has 0 saturated carbocycles. The zero-order chi connectivity index (χ0) is 18.2. The third kappa shape index (κ3) is 5.42. The summed E-state index contributed by atoms with van der Waals surface area (Å²) in [7, 11) is 0. The number of hydrogen-bond donors (Lipinski definition) is 2. The fraction of sp³-hybridized carbons (Fsp3) is 0.412. The van der Waals surface area contributed by atoms with E-state index < -0.39 is 0 Å². The number of aromatic nitrogens is 2. The Balaban J connectivity index is 1.39. The molecule has 2 N–H and O–H groups in total. The van der Waals surface area contributed by atoms with Gasteiger partial charge in [-0.3, -0.25) is 4.79 Å².